The number of rotatable bonds is 7. The molecule has 23 heavy (non-hydrogen) atoms. The highest BCUT2D eigenvalue weighted by molar-refractivity contribution is 5.93. The molecule has 1 heterocycles. The number of carboxylic acids is 1. The lowest BCUT2D eigenvalue weighted by atomic mass is 10.1. The Labute approximate surface area is 134 Å². The molecule has 7 nitrogen and oxygen atoms in total. The molecule has 2 rings (SSSR count). The van der Waals surface area contributed by atoms with Crippen LogP contribution in [-0.2, 0) is 6.54 Å². The van der Waals surface area contributed by atoms with Gasteiger partial charge in [0.25, 0.3) is 0 Å². The van der Waals surface area contributed by atoms with Crippen molar-refractivity contribution in [2.24, 2.45) is 0 Å². The normalized spacial score (nSPS) is 10.5. The summed E-state index contributed by atoms with van der Waals surface area (Å²) in [7, 11) is 0. The highest BCUT2D eigenvalue weighted by Crippen LogP contribution is 2.30. The molecule has 0 aliphatic carbocycles. The number of benzene rings is 1. The molecule has 3 N–H and O–H groups in total. The number of carboxylic acid groups (broad SMARTS) is 1. The van der Waals surface area contributed by atoms with Crippen molar-refractivity contribution >= 4 is 11.7 Å². The molecular formula is C16H20N4O3. The highest BCUT2D eigenvalue weighted by Gasteiger charge is 2.21. The minimum absolute atomic E-state index is 0.118. The van der Waals surface area contributed by atoms with Crippen molar-refractivity contribution in [2.75, 3.05) is 12.3 Å². The van der Waals surface area contributed by atoms with Gasteiger partial charge in [-0.05, 0) is 31.5 Å². The molecule has 0 unspecified atom stereocenters. The van der Waals surface area contributed by atoms with Crippen LogP contribution in [-0.4, -0.2) is 32.7 Å². The quantitative estimate of drug-likeness (QED) is 0.601. The Hall–Kier alpha value is -2.83. The van der Waals surface area contributed by atoms with Crippen LogP contribution in [0.3, 0.4) is 0 Å². The number of nitrogens with two attached hydrogens (primary N) is 1. The Bertz CT molecular complexity index is 737. The van der Waals surface area contributed by atoms with Gasteiger partial charge < -0.3 is 15.6 Å². The number of aromatic nitrogens is 3. The topological polar surface area (TPSA) is 103 Å². The van der Waals surface area contributed by atoms with E-state index in [0.717, 1.165) is 12.0 Å². The third-order valence-corrected chi connectivity index (χ3v) is 3.10. The smallest absolute Gasteiger partial charge is 0.358 e. The van der Waals surface area contributed by atoms with E-state index in [4.69, 9.17) is 10.5 Å². The summed E-state index contributed by atoms with van der Waals surface area (Å²) in [4.78, 5) is 11.4. The Kier molecular flexibility index (Phi) is 5.00. The van der Waals surface area contributed by atoms with Gasteiger partial charge in [-0.15, -0.1) is 5.10 Å². The molecule has 0 amide bonds. The lowest BCUT2D eigenvalue weighted by Gasteiger charge is -2.11. The molecule has 0 aliphatic rings. The zero-order valence-electron chi connectivity index (χ0n) is 13.2. The zero-order chi connectivity index (χ0) is 17.0. The maximum absolute atomic E-state index is 11.4. The van der Waals surface area contributed by atoms with E-state index >= 15 is 0 Å². The summed E-state index contributed by atoms with van der Waals surface area (Å²) in [6.07, 6.45) is 0.875. The third-order valence-electron chi connectivity index (χ3n) is 3.10. The van der Waals surface area contributed by atoms with Crippen LogP contribution >= 0.6 is 0 Å². The first-order valence-electron chi connectivity index (χ1n) is 7.27. The van der Waals surface area contributed by atoms with E-state index in [0.29, 0.717) is 35.8 Å². The van der Waals surface area contributed by atoms with Gasteiger partial charge in [0.2, 0.25) is 0 Å². The van der Waals surface area contributed by atoms with Gasteiger partial charge in [0.15, 0.2) is 5.69 Å². The molecular weight excluding hydrogens is 296 g/mol. The number of carbonyl (C=O) groups is 1. The Morgan fingerprint density at radius 3 is 2.78 bits per heavy atom. The Morgan fingerprint density at radius 1 is 1.48 bits per heavy atom. The summed E-state index contributed by atoms with van der Waals surface area (Å²) < 4.78 is 7.04. The summed E-state index contributed by atoms with van der Waals surface area (Å²) in [6.45, 7) is 8.61. The Morgan fingerprint density at radius 2 is 2.22 bits per heavy atom. The molecule has 0 spiro atoms. The second-order valence-corrected chi connectivity index (χ2v) is 5.31. The van der Waals surface area contributed by atoms with Crippen LogP contribution in [0.1, 0.15) is 30.8 Å². The molecule has 0 saturated heterocycles. The number of nitrogen functional groups attached to an aromatic ring is 1. The molecule has 0 bridgehead atoms. The fraction of sp³-hybridized carbons (Fsp3) is 0.312. The maximum Gasteiger partial charge on any atom is 0.358 e. The maximum atomic E-state index is 11.4. The minimum Gasteiger partial charge on any atom is -0.491 e. The molecule has 1 aromatic carbocycles. The molecule has 7 heteroatoms. The molecule has 0 aliphatic heterocycles. The summed E-state index contributed by atoms with van der Waals surface area (Å²) >= 11 is 0. The fourth-order valence-corrected chi connectivity index (χ4v) is 2.15. The van der Waals surface area contributed by atoms with Crippen LogP contribution in [0.4, 0.5) is 5.69 Å². The van der Waals surface area contributed by atoms with Crippen molar-refractivity contribution < 1.29 is 14.6 Å². The average molecular weight is 316 g/mol. The summed E-state index contributed by atoms with van der Waals surface area (Å²) in [5.41, 5.74) is 8.18. The first-order valence-corrected chi connectivity index (χ1v) is 7.27. The SMILES string of the molecule is C=C(C)Cn1nnc(C(=O)O)c1-c1ccc(OCCC)c(N)c1. The lowest BCUT2D eigenvalue weighted by molar-refractivity contribution is 0.0691. The molecule has 122 valence electrons. The van der Waals surface area contributed by atoms with Crippen LogP contribution in [0.2, 0.25) is 0 Å². The van der Waals surface area contributed by atoms with E-state index in [2.05, 4.69) is 16.9 Å². The van der Waals surface area contributed by atoms with Gasteiger partial charge >= 0.3 is 5.97 Å². The molecule has 1 aromatic heterocycles. The second-order valence-electron chi connectivity index (χ2n) is 5.31. The van der Waals surface area contributed by atoms with Crippen LogP contribution < -0.4 is 10.5 Å². The molecule has 0 atom stereocenters. The van der Waals surface area contributed by atoms with Crippen LogP contribution in [0.25, 0.3) is 11.3 Å². The lowest BCUT2D eigenvalue weighted by Crippen LogP contribution is -2.06. The zero-order valence-corrected chi connectivity index (χ0v) is 13.2. The predicted octanol–water partition coefficient (Wildman–Crippen LogP) is 2.59. The fourth-order valence-electron chi connectivity index (χ4n) is 2.15. The number of nitrogens with zero attached hydrogens (tertiary/aromatic N) is 3. The number of anilines is 1. The van der Waals surface area contributed by atoms with Crippen molar-refractivity contribution in [3.05, 3.63) is 36.0 Å². The predicted molar refractivity (Wildman–Crippen MR) is 87.4 cm³/mol. The van der Waals surface area contributed by atoms with Gasteiger partial charge in [0.1, 0.15) is 11.4 Å². The van der Waals surface area contributed by atoms with Crippen molar-refractivity contribution in [3.8, 4) is 17.0 Å². The largest absolute Gasteiger partial charge is 0.491 e. The van der Waals surface area contributed by atoms with Crippen LogP contribution in [0.15, 0.2) is 30.4 Å². The monoisotopic (exact) mass is 316 g/mol. The summed E-state index contributed by atoms with van der Waals surface area (Å²) in [6, 6.07) is 5.15. The van der Waals surface area contributed by atoms with Gasteiger partial charge in [-0.25, -0.2) is 9.48 Å². The van der Waals surface area contributed by atoms with E-state index in [1.54, 1.807) is 18.2 Å². The average Bonchev–Trinajstić information content (AvgIpc) is 2.89. The van der Waals surface area contributed by atoms with Crippen molar-refractivity contribution in [1.82, 2.24) is 15.0 Å². The van der Waals surface area contributed by atoms with Crippen molar-refractivity contribution in [1.29, 1.82) is 0 Å². The number of ether oxygens (including phenoxy) is 1. The van der Waals surface area contributed by atoms with Crippen molar-refractivity contribution in [2.45, 2.75) is 26.8 Å². The summed E-state index contributed by atoms with van der Waals surface area (Å²) in [5.74, 6) is -0.566. The van der Waals surface area contributed by atoms with Crippen LogP contribution in [0.5, 0.6) is 5.75 Å². The van der Waals surface area contributed by atoms with Gasteiger partial charge in [0.05, 0.1) is 18.8 Å². The van der Waals surface area contributed by atoms with E-state index in [9.17, 15) is 9.90 Å². The molecule has 0 fully saturated rings. The van der Waals surface area contributed by atoms with E-state index in [1.165, 1.54) is 4.68 Å². The van der Waals surface area contributed by atoms with E-state index in [1.807, 2.05) is 13.8 Å². The number of hydrogen-bond acceptors (Lipinski definition) is 5. The third kappa shape index (κ3) is 3.68. The highest BCUT2D eigenvalue weighted by atomic mass is 16.5. The Balaban J connectivity index is 2.47. The van der Waals surface area contributed by atoms with Crippen molar-refractivity contribution in [3.63, 3.8) is 0 Å². The van der Waals surface area contributed by atoms with Gasteiger partial charge in [-0.1, -0.05) is 24.3 Å². The van der Waals surface area contributed by atoms with E-state index in [-0.39, 0.29) is 5.69 Å². The minimum atomic E-state index is -1.14. The number of allylic oxidation sites excluding steroid dienone is 1. The second kappa shape index (κ2) is 6.95. The first kappa shape index (κ1) is 16.5. The first-order chi connectivity index (χ1) is 10.9. The van der Waals surface area contributed by atoms with Gasteiger partial charge in [-0.3, -0.25) is 0 Å². The molecule has 0 radical (unpaired) electrons. The number of hydrogen-bond donors (Lipinski definition) is 2. The molecule has 0 saturated carbocycles. The van der Waals surface area contributed by atoms with E-state index < -0.39 is 5.97 Å². The standard InChI is InChI=1S/C16H20N4O3/c1-4-7-23-13-6-5-11(8-12(13)17)15-14(16(21)22)18-19-20(15)9-10(2)3/h5-6,8H,2,4,7,9,17H2,1,3H3,(H,21,22). The molecule has 2 aromatic rings. The van der Waals surface area contributed by atoms with Crippen LogP contribution in [0, 0.1) is 0 Å². The summed E-state index contributed by atoms with van der Waals surface area (Å²) in [5, 5.41) is 17.0. The van der Waals surface area contributed by atoms with Gasteiger partial charge in [-0.2, -0.15) is 0 Å². The number of aromatic carboxylic acids is 1. The van der Waals surface area contributed by atoms with Gasteiger partial charge in [0, 0.05) is 5.56 Å².